The second kappa shape index (κ2) is 9.57. The lowest BCUT2D eigenvalue weighted by Crippen LogP contribution is -2.20. The Hall–Kier alpha value is -3.45. The topological polar surface area (TPSA) is 83.7 Å². The van der Waals surface area contributed by atoms with Gasteiger partial charge in [-0.15, -0.1) is 0 Å². The Labute approximate surface area is 183 Å². The van der Waals surface area contributed by atoms with Crippen molar-refractivity contribution in [2.24, 2.45) is 12.2 Å². The van der Waals surface area contributed by atoms with Crippen molar-refractivity contribution in [2.75, 3.05) is 7.05 Å². The van der Waals surface area contributed by atoms with E-state index in [1.165, 1.54) is 29.8 Å². The highest BCUT2D eigenvalue weighted by atomic mass is 35.5. The average molecular weight is 442 g/mol. The van der Waals surface area contributed by atoms with Gasteiger partial charge in [-0.25, -0.2) is 4.39 Å². The molecular formula is C23H21ClFN3O3. The van der Waals surface area contributed by atoms with E-state index >= 15 is 0 Å². The number of oxime groups is 1. The maximum absolute atomic E-state index is 14.7. The number of carbonyl (C=O) groups excluding carboxylic acids is 1. The SMILES string of the molecule is CNC(=O)c1ccc(C(C/C(=N/O)c2ccc(=O)n(C)c2)c2ccccc2Cl)cc1F. The number of aryl methyl sites for hydroxylation is 1. The van der Waals surface area contributed by atoms with E-state index in [-0.39, 0.29) is 17.5 Å². The number of pyridine rings is 1. The zero-order chi connectivity index (χ0) is 22.5. The van der Waals surface area contributed by atoms with Gasteiger partial charge in [0, 0.05) is 49.3 Å². The predicted octanol–water partition coefficient (Wildman–Crippen LogP) is 3.94. The van der Waals surface area contributed by atoms with Gasteiger partial charge in [0.2, 0.25) is 5.56 Å². The first-order chi connectivity index (χ1) is 14.8. The number of carbonyl (C=O) groups is 1. The van der Waals surface area contributed by atoms with Crippen molar-refractivity contribution in [3.63, 3.8) is 0 Å². The first kappa shape index (κ1) is 22.2. The van der Waals surface area contributed by atoms with Crippen LogP contribution in [-0.4, -0.2) is 28.4 Å². The van der Waals surface area contributed by atoms with Crippen LogP contribution in [0.3, 0.4) is 0 Å². The van der Waals surface area contributed by atoms with Gasteiger partial charge in [-0.05, 0) is 35.4 Å². The van der Waals surface area contributed by atoms with Gasteiger partial charge >= 0.3 is 0 Å². The molecule has 0 bridgehead atoms. The predicted molar refractivity (Wildman–Crippen MR) is 118 cm³/mol. The first-order valence-corrected chi connectivity index (χ1v) is 9.87. The summed E-state index contributed by atoms with van der Waals surface area (Å²) in [5, 5.41) is 16.0. The van der Waals surface area contributed by atoms with Gasteiger partial charge in [-0.3, -0.25) is 9.59 Å². The van der Waals surface area contributed by atoms with E-state index in [1.54, 1.807) is 37.5 Å². The minimum atomic E-state index is -0.668. The second-order valence-electron chi connectivity index (χ2n) is 7.01. The monoisotopic (exact) mass is 441 g/mol. The lowest BCUT2D eigenvalue weighted by molar-refractivity contribution is 0.0959. The van der Waals surface area contributed by atoms with Gasteiger partial charge in [0.05, 0.1) is 11.3 Å². The van der Waals surface area contributed by atoms with Crippen molar-refractivity contribution in [1.82, 2.24) is 9.88 Å². The molecule has 3 rings (SSSR count). The summed E-state index contributed by atoms with van der Waals surface area (Å²) in [7, 11) is 3.03. The normalized spacial score (nSPS) is 12.5. The molecule has 2 N–H and O–H groups in total. The van der Waals surface area contributed by atoms with Gasteiger partial charge < -0.3 is 15.1 Å². The Balaban J connectivity index is 2.08. The highest BCUT2D eigenvalue weighted by Crippen LogP contribution is 2.34. The van der Waals surface area contributed by atoms with Crippen LogP contribution in [0, 0.1) is 5.82 Å². The Morgan fingerprint density at radius 1 is 1.23 bits per heavy atom. The number of nitrogens with one attached hydrogen (secondary N) is 1. The Bertz CT molecular complexity index is 1210. The van der Waals surface area contributed by atoms with Gasteiger partial charge in [-0.1, -0.05) is 41.0 Å². The number of hydrogen-bond acceptors (Lipinski definition) is 4. The van der Waals surface area contributed by atoms with Crippen molar-refractivity contribution in [3.05, 3.63) is 104 Å². The summed E-state index contributed by atoms with van der Waals surface area (Å²) < 4.78 is 16.1. The van der Waals surface area contributed by atoms with Crippen LogP contribution in [0.15, 0.2) is 70.7 Å². The third-order valence-electron chi connectivity index (χ3n) is 5.09. The van der Waals surface area contributed by atoms with E-state index in [2.05, 4.69) is 10.5 Å². The van der Waals surface area contributed by atoms with Crippen molar-refractivity contribution in [2.45, 2.75) is 12.3 Å². The second-order valence-corrected chi connectivity index (χ2v) is 7.42. The van der Waals surface area contributed by atoms with Crippen LogP contribution in [0.25, 0.3) is 0 Å². The van der Waals surface area contributed by atoms with Crippen LogP contribution in [0.4, 0.5) is 4.39 Å². The molecule has 3 aromatic rings. The Morgan fingerprint density at radius 2 is 1.97 bits per heavy atom. The van der Waals surface area contributed by atoms with Crippen molar-refractivity contribution in [3.8, 4) is 0 Å². The minimum absolute atomic E-state index is 0.0710. The minimum Gasteiger partial charge on any atom is -0.411 e. The molecule has 0 spiro atoms. The molecule has 0 saturated heterocycles. The van der Waals surface area contributed by atoms with Crippen LogP contribution >= 0.6 is 11.6 Å². The number of amides is 1. The highest BCUT2D eigenvalue weighted by molar-refractivity contribution is 6.31. The van der Waals surface area contributed by atoms with Crippen LogP contribution < -0.4 is 10.9 Å². The van der Waals surface area contributed by atoms with Gasteiger partial charge in [-0.2, -0.15) is 0 Å². The molecule has 0 fully saturated rings. The zero-order valence-corrected chi connectivity index (χ0v) is 17.7. The molecule has 1 aromatic heterocycles. The molecule has 2 aromatic carbocycles. The molecule has 0 saturated carbocycles. The van der Waals surface area contributed by atoms with Crippen molar-refractivity contribution in [1.29, 1.82) is 0 Å². The molecule has 1 heterocycles. The fourth-order valence-electron chi connectivity index (χ4n) is 3.41. The van der Waals surface area contributed by atoms with E-state index in [0.717, 1.165) is 0 Å². The number of hydrogen-bond donors (Lipinski definition) is 2. The van der Waals surface area contributed by atoms with Crippen LogP contribution in [-0.2, 0) is 7.05 Å². The van der Waals surface area contributed by atoms with E-state index in [4.69, 9.17) is 11.6 Å². The molecule has 1 amide bonds. The zero-order valence-electron chi connectivity index (χ0n) is 17.0. The first-order valence-electron chi connectivity index (χ1n) is 9.49. The summed E-state index contributed by atoms with van der Waals surface area (Å²) in [6.07, 6.45) is 1.74. The summed E-state index contributed by atoms with van der Waals surface area (Å²) in [5.74, 6) is -1.66. The smallest absolute Gasteiger partial charge is 0.253 e. The molecule has 0 aliphatic heterocycles. The average Bonchev–Trinajstić information content (AvgIpc) is 2.77. The molecule has 160 valence electrons. The molecule has 1 unspecified atom stereocenters. The standard InChI is InChI=1S/C23H21ClFN3O3/c1-26-23(30)17-9-7-14(11-20(17)25)18(16-5-3-4-6-19(16)24)12-21(27-31)15-8-10-22(29)28(2)13-15/h3-11,13,18,31H,12H2,1-2H3,(H,26,30)/b27-21-. The lowest BCUT2D eigenvalue weighted by atomic mass is 9.85. The van der Waals surface area contributed by atoms with Gasteiger partial charge in [0.1, 0.15) is 5.82 Å². The number of rotatable bonds is 6. The Kier molecular flexibility index (Phi) is 6.87. The highest BCUT2D eigenvalue weighted by Gasteiger charge is 2.23. The summed E-state index contributed by atoms with van der Waals surface area (Å²) in [6.45, 7) is 0. The molecule has 0 aliphatic rings. The number of halogens is 2. The van der Waals surface area contributed by atoms with Crippen molar-refractivity contribution >= 4 is 23.2 Å². The summed E-state index contributed by atoms with van der Waals surface area (Å²) in [6, 6.07) is 14.4. The number of nitrogens with zero attached hydrogens (tertiary/aromatic N) is 2. The molecule has 6 nitrogen and oxygen atoms in total. The summed E-state index contributed by atoms with van der Waals surface area (Å²) in [4.78, 5) is 23.6. The maximum atomic E-state index is 14.7. The summed E-state index contributed by atoms with van der Waals surface area (Å²) >= 11 is 6.43. The molecule has 0 radical (unpaired) electrons. The molecule has 1 atom stereocenters. The third kappa shape index (κ3) is 4.83. The summed E-state index contributed by atoms with van der Waals surface area (Å²) in [5.41, 5.74) is 1.85. The fourth-order valence-corrected chi connectivity index (χ4v) is 3.67. The largest absolute Gasteiger partial charge is 0.411 e. The van der Waals surface area contributed by atoms with E-state index in [0.29, 0.717) is 27.4 Å². The molecule has 8 heteroatoms. The van der Waals surface area contributed by atoms with Crippen LogP contribution in [0.5, 0.6) is 0 Å². The fraction of sp³-hybridized carbons (Fsp3) is 0.174. The molecular weight excluding hydrogens is 421 g/mol. The molecule has 31 heavy (non-hydrogen) atoms. The lowest BCUT2D eigenvalue weighted by Gasteiger charge is -2.21. The quantitative estimate of drug-likeness (QED) is 0.345. The van der Waals surface area contributed by atoms with Gasteiger partial charge in [0.15, 0.2) is 0 Å². The number of aromatic nitrogens is 1. The van der Waals surface area contributed by atoms with Crippen LogP contribution in [0.1, 0.15) is 39.4 Å². The van der Waals surface area contributed by atoms with E-state index < -0.39 is 17.6 Å². The van der Waals surface area contributed by atoms with Crippen LogP contribution in [0.2, 0.25) is 5.02 Å². The Morgan fingerprint density at radius 3 is 2.58 bits per heavy atom. The van der Waals surface area contributed by atoms with Gasteiger partial charge in [0.25, 0.3) is 5.91 Å². The molecule has 0 aliphatic carbocycles. The van der Waals surface area contributed by atoms with E-state index in [9.17, 15) is 19.2 Å². The van der Waals surface area contributed by atoms with Crippen molar-refractivity contribution < 1.29 is 14.4 Å². The third-order valence-corrected chi connectivity index (χ3v) is 5.43. The van der Waals surface area contributed by atoms with E-state index in [1.807, 2.05) is 12.1 Å². The maximum Gasteiger partial charge on any atom is 0.253 e. The number of benzene rings is 2.